The van der Waals surface area contributed by atoms with E-state index in [4.69, 9.17) is 18.9 Å². The van der Waals surface area contributed by atoms with E-state index < -0.39 is 35.3 Å². The average Bonchev–Trinajstić information content (AvgIpc) is 3.42. The van der Waals surface area contributed by atoms with Crippen LogP contribution in [-0.2, 0) is 20.8 Å². The SMILES string of the molecule is COc1cnc(-c2nn(Cc3c(F)cc(OCCOC(=O)C(C)NC(=O)OC(C)(C)C)cc3F)c3ccccc23)nc1Nc1ccnc(C)c1. The molecule has 50 heavy (non-hydrogen) atoms. The number of para-hydroxylation sites is 1. The summed E-state index contributed by atoms with van der Waals surface area (Å²) in [6, 6.07) is 12.0. The molecule has 15 heteroatoms. The minimum Gasteiger partial charge on any atom is -0.491 e. The van der Waals surface area contributed by atoms with E-state index in [-0.39, 0.29) is 36.9 Å². The first kappa shape index (κ1) is 35.4. The maximum absolute atomic E-state index is 15.3. The molecule has 2 aromatic carbocycles. The van der Waals surface area contributed by atoms with Gasteiger partial charge in [0.05, 0.1) is 25.4 Å². The molecule has 0 aliphatic carbocycles. The number of methoxy groups -OCH3 is 1. The first-order chi connectivity index (χ1) is 23.8. The van der Waals surface area contributed by atoms with Gasteiger partial charge in [-0.1, -0.05) is 18.2 Å². The second-order valence-corrected chi connectivity index (χ2v) is 12.2. The van der Waals surface area contributed by atoms with Crippen molar-refractivity contribution in [3.63, 3.8) is 0 Å². The number of esters is 1. The molecule has 0 aliphatic heterocycles. The third-order valence-corrected chi connectivity index (χ3v) is 7.11. The topological polar surface area (TPSA) is 152 Å². The zero-order valence-electron chi connectivity index (χ0n) is 28.4. The van der Waals surface area contributed by atoms with Crippen LogP contribution in [-0.4, -0.2) is 68.8 Å². The number of aromatic nitrogens is 5. The summed E-state index contributed by atoms with van der Waals surface area (Å²) >= 11 is 0. The van der Waals surface area contributed by atoms with E-state index in [1.54, 1.807) is 45.2 Å². The summed E-state index contributed by atoms with van der Waals surface area (Å²) in [5.74, 6) is -1.45. The molecule has 0 fully saturated rings. The highest BCUT2D eigenvalue weighted by Gasteiger charge is 2.23. The van der Waals surface area contributed by atoms with Gasteiger partial charge in [-0.15, -0.1) is 0 Å². The Bertz CT molecular complexity index is 1990. The highest BCUT2D eigenvalue weighted by molar-refractivity contribution is 5.92. The van der Waals surface area contributed by atoms with Gasteiger partial charge in [-0.2, -0.15) is 5.10 Å². The van der Waals surface area contributed by atoms with Crippen molar-refractivity contribution >= 4 is 34.5 Å². The number of nitrogens with one attached hydrogen (secondary N) is 2. The van der Waals surface area contributed by atoms with E-state index in [0.717, 1.165) is 23.5 Å². The number of benzene rings is 2. The van der Waals surface area contributed by atoms with Crippen LogP contribution in [0.25, 0.3) is 22.4 Å². The second kappa shape index (κ2) is 15.1. The fourth-order valence-corrected chi connectivity index (χ4v) is 4.83. The van der Waals surface area contributed by atoms with Crippen molar-refractivity contribution in [1.82, 2.24) is 30.0 Å². The minimum absolute atomic E-state index is 0.0956. The molecule has 0 aliphatic rings. The molecule has 13 nitrogen and oxygen atoms in total. The highest BCUT2D eigenvalue weighted by Crippen LogP contribution is 2.32. The second-order valence-electron chi connectivity index (χ2n) is 12.2. The van der Waals surface area contributed by atoms with Crippen LogP contribution in [0.4, 0.5) is 25.1 Å². The molecular weight excluding hydrogens is 652 g/mol. The summed E-state index contributed by atoms with van der Waals surface area (Å²) in [7, 11) is 1.51. The average molecular weight is 690 g/mol. The zero-order chi connectivity index (χ0) is 36.0. The van der Waals surface area contributed by atoms with Gasteiger partial charge in [0.15, 0.2) is 17.4 Å². The summed E-state index contributed by atoms with van der Waals surface area (Å²) in [5.41, 5.74) is 1.61. The number of carbonyl (C=O) groups is 2. The van der Waals surface area contributed by atoms with Crippen LogP contribution >= 0.6 is 0 Å². The third-order valence-electron chi connectivity index (χ3n) is 7.11. The molecule has 1 unspecified atom stereocenters. The van der Waals surface area contributed by atoms with Crippen LogP contribution < -0.4 is 20.1 Å². The van der Waals surface area contributed by atoms with Crippen LogP contribution in [0.3, 0.4) is 0 Å². The van der Waals surface area contributed by atoms with Crippen molar-refractivity contribution in [2.24, 2.45) is 0 Å². The molecule has 0 bridgehead atoms. The lowest BCUT2D eigenvalue weighted by Gasteiger charge is -2.21. The van der Waals surface area contributed by atoms with Gasteiger partial charge in [0.1, 0.15) is 47.9 Å². The van der Waals surface area contributed by atoms with E-state index in [9.17, 15) is 9.59 Å². The van der Waals surface area contributed by atoms with Gasteiger partial charge in [0, 0.05) is 40.7 Å². The Balaban J connectivity index is 1.28. The number of anilines is 2. The standard InChI is InChI=1S/C35H37F2N7O6/c1-20-15-22(11-12-38-20)41-31-29(47-6)18-39-32(42-31)30-24-9-7-8-10-28(24)44(43-30)19-25-26(36)16-23(17-27(25)37)48-13-14-49-33(45)21(2)40-34(46)50-35(3,4)5/h7-12,15-18,21H,13-14,19H2,1-6H3,(H,40,46)(H,38,39,41,42). The lowest BCUT2D eigenvalue weighted by Crippen LogP contribution is -2.42. The maximum Gasteiger partial charge on any atom is 0.408 e. The third kappa shape index (κ3) is 8.78. The summed E-state index contributed by atoms with van der Waals surface area (Å²) in [6.45, 7) is 7.74. The molecule has 3 heterocycles. The quantitative estimate of drug-likeness (QED) is 0.115. The van der Waals surface area contributed by atoms with Gasteiger partial charge in [-0.25, -0.2) is 28.3 Å². The van der Waals surface area contributed by atoms with Crippen LogP contribution in [0, 0.1) is 18.6 Å². The van der Waals surface area contributed by atoms with Crippen LogP contribution in [0.15, 0.2) is 60.9 Å². The van der Waals surface area contributed by atoms with Gasteiger partial charge in [-0.05, 0) is 52.8 Å². The van der Waals surface area contributed by atoms with E-state index in [1.807, 2.05) is 25.1 Å². The molecule has 0 saturated heterocycles. The Morgan fingerprint density at radius 2 is 1.76 bits per heavy atom. The number of amides is 1. The molecule has 0 radical (unpaired) electrons. The van der Waals surface area contributed by atoms with Crippen LogP contribution in [0.5, 0.6) is 11.5 Å². The monoisotopic (exact) mass is 689 g/mol. The summed E-state index contributed by atoms with van der Waals surface area (Å²) in [5, 5.41) is 10.9. The normalized spacial score (nSPS) is 11.9. The van der Waals surface area contributed by atoms with Gasteiger partial charge in [0.2, 0.25) is 0 Å². The van der Waals surface area contributed by atoms with Crippen molar-refractivity contribution < 1.29 is 37.3 Å². The minimum atomic E-state index is -0.982. The largest absolute Gasteiger partial charge is 0.491 e. The Morgan fingerprint density at radius 3 is 2.46 bits per heavy atom. The number of fused-ring (bicyclic) bond motifs is 1. The Labute approximate surface area is 287 Å². The summed E-state index contributed by atoms with van der Waals surface area (Å²) in [4.78, 5) is 37.4. The number of rotatable bonds is 12. The van der Waals surface area contributed by atoms with E-state index in [1.165, 1.54) is 24.9 Å². The van der Waals surface area contributed by atoms with E-state index in [2.05, 4.69) is 30.7 Å². The lowest BCUT2D eigenvalue weighted by atomic mass is 10.1. The van der Waals surface area contributed by atoms with Crippen LogP contribution in [0.1, 0.15) is 39.0 Å². The number of halogens is 2. The first-order valence-corrected chi connectivity index (χ1v) is 15.6. The van der Waals surface area contributed by atoms with Gasteiger partial charge >= 0.3 is 12.1 Å². The van der Waals surface area contributed by atoms with Gasteiger partial charge < -0.3 is 29.6 Å². The zero-order valence-corrected chi connectivity index (χ0v) is 28.4. The fourth-order valence-electron chi connectivity index (χ4n) is 4.83. The molecule has 0 saturated carbocycles. The number of aryl methyl sites for hydroxylation is 1. The number of carbonyl (C=O) groups excluding carboxylic acids is 2. The van der Waals surface area contributed by atoms with E-state index in [0.29, 0.717) is 28.2 Å². The fraction of sp³-hybridized carbons (Fsp3) is 0.314. The maximum atomic E-state index is 15.3. The van der Waals surface area contributed by atoms with Crippen LogP contribution in [0.2, 0.25) is 0 Å². The van der Waals surface area contributed by atoms with Crippen molar-refractivity contribution in [2.75, 3.05) is 25.6 Å². The number of nitrogens with zero attached hydrogens (tertiary/aromatic N) is 5. The molecule has 262 valence electrons. The van der Waals surface area contributed by atoms with Crippen molar-refractivity contribution in [3.8, 4) is 23.0 Å². The molecule has 3 aromatic heterocycles. The van der Waals surface area contributed by atoms with Crippen molar-refractivity contribution in [2.45, 2.75) is 52.8 Å². The molecular formula is C35H37F2N7O6. The van der Waals surface area contributed by atoms with E-state index >= 15 is 8.78 Å². The number of pyridine rings is 1. The van der Waals surface area contributed by atoms with Gasteiger partial charge in [-0.3, -0.25) is 9.67 Å². The molecule has 2 N–H and O–H groups in total. The Morgan fingerprint density at radius 1 is 1.02 bits per heavy atom. The Hall–Kier alpha value is -5.86. The predicted octanol–water partition coefficient (Wildman–Crippen LogP) is 6.11. The molecule has 0 spiro atoms. The highest BCUT2D eigenvalue weighted by atomic mass is 19.1. The Kier molecular flexibility index (Phi) is 10.7. The molecule has 5 aromatic rings. The first-order valence-electron chi connectivity index (χ1n) is 15.6. The molecule has 1 atom stereocenters. The predicted molar refractivity (Wildman–Crippen MR) is 180 cm³/mol. The molecule has 5 rings (SSSR count). The summed E-state index contributed by atoms with van der Waals surface area (Å²) < 4.78 is 53.2. The van der Waals surface area contributed by atoms with Crippen molar-refractivity contribution in [3.05, 3.63) is 83.8 Å². The molecule has 1 amide bonds. The number of hydrogen-bond donors (Lipinski definition) is 2. The summed E-state index contributed by atoms with van der Waals surface area (Å²) in [6.07, 6.45) is 2.43. The smallest absolute Gasteiger partial charge is 0.408 e. The van der Waals surface area contributed by atoms with Gasteiger partial charge in [0.25, 0.3) is 0 Å². The number of hydrogen-bond acceptors (Lipinski definition) is 11. The number of ether oxygens (including phenoxy) is 4. The lowest BCUT2D eigenvalue weighted by molar-refractivity contribution is -0.146. The van der Waals surface area contributed by atoms with Crippen molar-refractivity contribution in [1.29, 1.82) is 0 Å². The number of alkyl carbamates (subject to hydrolysis) is 1.